The van der Waals surface area contributed by atoms with Crippen molar-refractivity contribution in [1.29, 1.82) is 0 Å². The highest BCUT2D eigenvalue weighted by atomic mass is 19.4. The number of hydrogen-bond donors (Lipinski definition) is 0. The minimum atomic E-state index is -5.05. The maximum atomic E-state index is 12.6. The van der Waals surface area contributed by atoms with E-state index in [1.54, 1.807) is 0 Å². The SMILES string of the molecule is COc1c(C(F)(F)F)ncc([N+](=O)[O-])c1C(F)F. The Kier molecular flexibility index (Phi) is 3.67. The fourth-order valence-corrected chi connectivity index (χ4v) is 1.26. The number of pyridine rings is 1. The normalized spacial score (nSPS) is 11.7. The maximum absolute atomic E-state index is 12.6. The van der Waals surface area contributed by atoms with Gasteiger partial charge in [-0.05, 0) is 0 Å². The van der Waals surface area contributed by atoms with E-state index in [9.17, 15) is 32.1 Å². The first-order valence-electron chi connectivity index (χ1n) is 4.26. The number of rotatable bonds is 3. The molecule has 0 aliphatic rings. The molecule has 100 valence electrons. The van der Waals surface area contributed by atoms with Crippen molar-refractivity contribution in [2.45, 2.75) is 12.6 Å². The highest BCUT2D eigenvalue weighted by Crippen LogP contribution is 2.43. The van der Waals surface area contributed by atoms with Crippen molar-refractivity contribution in [1.82, 2.24) is 4.98 Å². The number of halogens is 5. The van der Waals surface area contributed by atoms with Gasteiger partial charge in [0.1, 0.15) is 11.8 Å². The summed E-state index contributed by atoms with van der Waals surface area (Å²) in [6.45, 7) is 0. The summed E-state index contributed by atoms with van der Waals surface area (Å²) < 4.78 is 66.8. The average Bonchev–Trinajstić information content (AvgIpc) is 2.25. The fourth-order valence-electron chi connectivity index (χ4n) is 1.26. The van der Waals surface area contributed by atoms with Crippen LogP contribution in [0.25, 0.3) is 0 Å². The molecule has 0 atom stereocenters. The predicted molar refractivity (Wildman–Crippen MR) is 47.4 cm³/mol. The van der Waals surface area contributed by atoms with E-state index < -0.39 is 40.2 Å². The highest BCUT2D eigenvalue weighted by Gasteiger charge is 2.41. The van der Waals surface area contributed by atoms with E-state index in [-0.39, 0.29) is 6.20 Å². The molecule has 1 heterocycles. The molecule has 10 heteroatoms. The van der Waals surface area contributed by atoms with E-state index in [4.69, 9.17) is 0 Å². The second-order valence-electron chi connectivity index (χ2n) is 2.99. The molecule has 0 radical (unpaired) electrons. The smallest absolute Gasteiger partial charge is 0.437 e. The van der Waals surface area contributed by atoms with Crippen LogP contribution in [0.4, 0.5) is 27.6 Å². The van der Waals surface area contributed by atoms with Crippen molar-refractivity contribution in [3.63, 3.8) is 0 Å². The molecule has 18 heavy (non-hydrogen) atoms. The Hall–Kier alpha value is -2.00. The molecule has 0 spiro atoms. The zero-order valence-electron chi connectivity index (χ0n) is 8.66. The Bertz CT molecular complexity index is 475. The first-order chi connectivity index (χ1) is 8.20. The monoisotopic (exact) mass is 272 g/mol. The van der Waals surface area contributed by atoms with Crippen molar-refractivity contribution < 1.29 is 31.6 Å². The summed E-state index contributed by atoms with van der Waals surface area (Å²) in [5, 5.41) is 10.5. The molecule has 1 aromatic heterocycles. The molecular formula is C8H5F5N2O3. The summed E-state index contributed by atoms with van der Waals surface area (Å²) in [7, 11) is 0.696. The van der Waals surface area contributed by atoms with Crippen LogP contribution >= 0.6 is 0 Å². The van der Waals surface area contributed by atoms with Gasteiger partial charge in [0.05, 0.1) is 12.0 Å². The summed E-state index contributed by atoms with van der Waals surface area (Å²) in [6.07, 6.45) is -8.42. The summed E-state index contributed by atoms with van der Waals surface area (Å²) >= 11 is 0. The molecule has 0 saturated heterocycles. The molecule has 0 unspecified atom stereocenters. The van der Waals surface area contributed by atoms with Gasteiger partial charge in [0.25, 0.3) is 12.1 Å². The van der Waals surface area contributed by atoms with Crippen molar-refractivity contribution in [2.75, 3.05) is 7.11 Å². The minimum Gasteiger partial charge on any atom is -0.494 e. The van der Waals surface area contributed by atoms with Gasteiger partial charge >= 0.3 is 6.18 Å². The number of hydrogen-bond acceptors (Lipinski definition) is 4. The predicted octanol–water partition coefficient (Wildman–Crippen LogP) is 2.95. The van der Waals surface area contributed by atoms with Gasteiger partial charge in [0.2, 0.25) is 0 Å². The number of nitrogens with zero attached hydrogens (tertiary/aromatic N) is 2. The molecule has 0 amide bonds. The van der Waals surface area contributed by atoms with E-state index in [0.717, 1.165) is 0 Å². The topological polar surface area (TPSA) is 65.3 Å². The number of ether oxygens (including phenoxy) is 1. The van der Waals surface area contributed by atoms with Gasteiger partial charge in [-0.1, -0.05) is 0 Å². The van der Waals surface area contributed by atoms with Crippen molar-refractivity contribution in [3.05, 3.63) is 27.6 Å². The fraction of sp³-hybridized carbons (Fsp3) is 0.375. The zero-order chi connectivity index (χ0) is 14.1. The van der Waals surface area contributed by atoms with Crippen molar-refractivity contribution >= 4 is 5.69 Å². The Morgan fingerprint density at radius 1 is 1.44 bits per heavy atom. The first kappa shape index (κ1) is 14.1. The Labute approximate surface area is 96.3 Å². The lowest BCUT2D eigenvalue weighted by Gasteiger charge is -2.14. The molecule has 0 aromatic carbocycles. The van der Waals surface area contributed by atoms with Crippen molar-refractivity contribution in [3.8, 4) is 5.75 Å². The molecule has 0 aliphatic carbocycles. The maximum Gasteiger partial charge on any atom is 0.437 e. The largest absolute Gasteiger partial charge is 0.494 e. The van der Waals surface area contributed by atoms with Gasteiger partial charge in [-0.3, -0.25) is 10.1 Å². The van der Waals surface area contributed by atoms with Gasteiger partial charge in [0, 0.05) is 0 Å². The number of aromatic nitrogens is 1. The van der Waals surface area contributed by atoms with Gasteiger partial charge in [-0.25, -0.2) is 13.8 Å². The Balaban J connectivity index is 3.64. The third-order valence-electron chi connectivity index (χ3n) is 1.94. The quantitative estimate of drug-likeness (QED) is 0.482. The number of nitro groups is 1. The van der Waals surface area contributed by atoms with Crippen LogP contribution in [-0.4, -0.2) is 17.0 Å². The van der Waals surface area contributed by atoms with E-state index >= 15 is 0 Å². The average molecular weight is 272 g/mol. The van der Waals surface area contributed by atoms with Crippen LogP contribution < -0.4 is 4.74 Å². The molecule has 0 saturated carbocycles. The minimum absolute atomic E-state index is 0.132. The molecule has 0 bridgehead atoms. The zero-order valence-corrected chi connectivity index (χ0v) is 8.66. The third-order valence-corrected chi connectivity index (χ3v) is 1.94. The molecule has 1 rings (SSSR count). The van der Waals surface area contributed by atoms with Crippen LogP contribution in [-0.2, 0) is 6.18 Å². The summed E-state index contributed by atoms with van der Waals surface area (Å²) in [5.74, 6) is -1.34. The standard InChI is InChI=1S/C8H5F5N2O3/c1-18-5-4(7(9)10)3(15(16)17)2-14-6(5)8(11,12)13/h2,7H,1H3. The molecular weight excluding hydrogens is 267 g/mol. The summed E-state index contributed by atoms with van der Waals surface area (Å²) in [4.78, 5) is 12.0. The van der Waals surface area contributed by atoms with Crippen LogP contribution in [0, 0.1) is 10.1 Å². The summed E-state index contributed by atoms with van der Waals surface area (Å²) in [5.41, 5.74) is -4.40. The van der Waals surface area contributed by atoms with Crippen LogP contribution in [0.3, 0.4) is 0 Å². The molecule has 0 N–H and O–H groups in total. The second-order valence-corrected chi connectivity index (χ2v) is 2.99. The molecule has 1 aromatic rings. The Morgan fingerprint density at radius 2 is 2.00 bits per heavy atom. The van der Waals surface area contributed by atoms with E-state index in [0.29, 0.717) is 7.11 Å². The molecule has 0 aliphatic heterocycles. The van der Waals surface area contributed by atoms with Gasteiger partial charge in [0.15, 0.2) is 11.4 Å². The summed E-state index contributed by atoms with van der Waals surface area (Å²) in [6, 6.07) is 0. The van der Waals surface area contributed by atoms with Crippen LogP contribution in [0.5, 0.6) is 5.75 Å². The third kappa shape index (κ3) is 2.46. The Morgan fingerprint density at radius 3 is 2.33 bits per heavy atom. The van der Waals surface area contributed by atoms with Gasteiger partial charge in [-0.15, -0.1) is 0 Å². The van der Waals surface area contributed by atoms with Crippen LogP contribution in [0.1, 0.15) is 17.7 Å². The lowest BCUT2D eigenvalue weighted by Crippen LogP contribution is -2.13. The second kappa shape index (κ2) is 4.70. The molecule has 5 nitrogen and oxygen atoms in total. The first-order valence-corrected chi connectivity index (χ1v) is 4.26. The van der Waals surface area contributed by atoms with Gasteiger partial charge < -0.3 is 4.74 Å². The highest BCUT2D eigenvalue weighted by molar-refractivity contribution is 5.51. The van der Waals surface area contributed by atoms with E-state index in [1.807, 2.05) is 0 Å². The number of alkyl halides is 5. The number of methoxy groups -OCH3 is 1. The van der Waals surface area contributed by atoms with E-state index in [1.165, 1.54) is 0 Å². The molecule has 0 fully saturated rings. The van der Waals surface area contributed by atoms with Crippen molar-refractivity contribution in [2.24, 2.45) is 0 Å². The van der Waals surface area contributed by atoms with Crippen LogP contribution in [0.2, 0.25) is 0 Å². The van der Waals surface area contributed by atoms with E-state index in [2.05, 4.69) is 9.72 Å². The lowest BCUT2D eigenvalue weighted by molar-refractivity contribution is -0.386. The van der Waals surface area contributed by atoms with Gasteiger partial charge in [-0.2, -0.15) is 13.2 Å². The van der Waals surface area contributed by atoms with Crippen LogP contribution in [0.15, 0.2) is 6.20 Å². The lowest BCUT2D eigenvalue weighted by atomic mass is 10.1.